The minimum absolute atomic E-state index is 0.476. The molecule has 0 atom stereocenters. The molecule has 0 fully saturated rings. The first kappa shape index (κ1) is 15.9. The Hall–Kier alpha value is -2.95. The highest BCUT2D eigenvalue weighted by Gasteiger charge is 2.22. The van der Waals surface area contributed by atoms with Gasteiger partial charge in [0.2, 0.25) is 0 Å². The zero-order valence-corrected chi connectivity index (χ0v) is 13.8. The van der Waals surface area contributed by atoms with E-state index in [2.05, 4.69) is 4.98 Å². The van der Waals surface area contributed by atoms with E-state index in [4.69, 9.17) is 4.74 Å². The zero-order valence-electron chi connectivity index (χ0n) is 13.8. The van der Waals surface area contributed by atoms with Gasteiger partial charge in [-0.1, -0.05) is 12.1 Å². The number of pyridine rings is 1. The molecule has 0 aliphatic carbocycles. The Kier molecular flexibility index (Phi) is 3.93. The summed E-state index contributed by atoms with van der Waals surface area (Å²) in [4.78, 5) is 28.0. The van der Waals surface area contributed by atoms with E-state index in [-0.39, 0.29) is 0 Å². The molecule has 0 bridgehead atoms. The molecular formula is C19H18N2O3. The summed E-state index contributed by atoms with van der Waals surface area (Å²) >= 11 is 0. The number of aldehydes is 1. The maximum atomic E-state index is 12.6. The van der Waals surface area contributed by atoms with E-state index in [0.29, 0.717) is 11.1 Å². The van der Waals surface area contributed by atoms with Gasteiger partial charge < -0.3 is 4.74 Å². The summed E-state index contributed by atoms with van der Waals surface area (Å²) < 4.78 is 6.93. The number of rotatable bonds is 2. The van der Waals surface area contributed by atoms with E-state index in [9.17, 15) is 9.59 Å². The SMILES string of the molecule is CC(C)(C)OC(=O)n1cc(-c2ccncc2)c2c(C=O)cccc21. The van der Waals surface area contributed by atoms with Gasteiger partial charge in [-0.2, -0.15) is 0 Å². The third-order valence-corrected chi connectivity index (χ3v) is 3.57. The number of carbonyl (C=O) groups excluding carboxylic acids is 2. The van der Waals surface area contributed by atoms with Crippen molar-refractivity contribution in [3.8, 4) is 11.1 Å². The molecule has 0 saturated heterocycles. The Bertz CT molecular complexity index is 906. The molecule has 122 valence electrons. The third kappa shape index (κ3) is 2.93. The Morgan fingerprint density at radius 1 is 1.17 bits per heavy atom. The Balaban J connectivity index is 2.26. The van der Waals surface area contributed by atoms with Crippen LogP contribution >= 0.6 is 0 Å². The number of hydrogen-bond donors (Lipinski definition) is 0. The Morgan fingerprint density at radius 2 is 1.88 bits per heavy atom. The van der Waals surface area contributed by atoms with Gasteiger partial charge >= 0.3 is 6.09 Å². The molecule has 0 radical (unpaired) electrons. The highest BCUT2D eigenvalue weighted by atomic mass is 16.6. The first-order chi connectivity index (χ1) is 11.4. The van der Waals surface area contributed by atoms with E-state index in [0.717, 1.165) is 22.8 Å². The average molecular weight is 322 g/mol. The molecule has 5 nitrogen and oxygen atoms in total. The van der Waals surface area contributed by atoms with Gasteiger partial charge in [-0.15, -0.1) is 0 Å². The molecule has 1 aromatic carbocycles. The van der Waals surface area contributed by atoms with Gasteiger partial charge in [0.25, 0.3) is 0 Å². The minimum Gasteiger partial charge on any atom is -0.443 e. The fraction of sp³-hybridized carbons (Fsp3) is 0.211. The van der Waals surface area contributed by atoms with Crippen molar-refractivity contribution in [1.82, 2.24) is 9.55 Å². The van der Waals surface area contributed by atoms with Crippen LogP contribution in [-0.2, 0) is 4.74 Å². The molecule has 2 heterocycles. The smallest absolute Gasteiger partial charge is 0.419 e. The minimum atomic E-state index is -0.604. The molecule has 5 heteroatoms. The van der Waals surface area contributed by atoms with Crippen LogP contribution < -0.4 is 0 Å². The predicted octanol–water partition coefficient (Wildman–Crippen LogP) is 4.30. The monoisotopic (exact) mass is 322 g/mol. The van der Waals surface area contributed by atoms with Crippen molar-refractivity contribution in [3.05, 3.63) is 54.5 Å². The van der Waals surface area contributed by atoms with Gasteiger partial charge in [-0.05, 0) is 44.5 Å². The maximum absolute atomic E-state index is 12.6. The molecule has 3 aromatic rings. The Morgan fingerprint density at radius 3 is 2.50 bits per heavy atom. The van der Waals surface area contributed by atoms with Crippen molar-refractivity contribution >= 4 is 23.3 Å². The summed E-state index contributed by atoms with van der Waals surface area (Å²) in [5.74, 6) is 0. The lowest BCUT2D eigenvalue weighted by Crippen LogP contribution is -2.26. The van der Waals surface area contributed by atoms with E-state index in [1.54, 1.807) is 36.8 Å². The molecule has 24 heavy (non-hydrogen) atoms. The summed E-state index contributed by atoms with van der Waals surface area (Å²) in [6.07, 6.45) is 5.38. The molecule has 0 unspecified atom stereocenters. The standard InChI is InChI=1S/C19H18N2O3/c1-19(2,3)24-18(23)21-11-15(13-7-9-20-10-8-13)17-14(12-22)5-4-6-16(17)21/h4-12H,1-3H3. The van der Waals surface area contributed by atoms with Gasteiger partial charge in [0.15, 0.2) is 6.29 Å². The molecular weight excluding hydrogens is 304 g/mol. The van der Waals surface area contributed by atoms with Crippen LogP contribution in [-0.4, -0.2) is 27.5 Å². The number of nitrogens with zero attached hydrogens (tertiary/aromatic N) is 2. The van der Waals surface area contributed by atoms with E-state index >= 15 is 0 Å². The third-order valence-electron chi connectivity index (χ3n) is 3.57. The molecule has 0 amide bonds. The molecule has 2 aromatic heterocycles. The van der Waals surface area contributed by atoms with Gasteiger partial charge in [-0.3, -0.25) is 14.3 Å². The van der Waals surface area contributed by atoms with Crippen LogP contribution in [0.25, 0.3) is 22.0 Å². The number of hydrogen-bond acceptors (Lipinski definition) is 4. The number of benzene rings is 1. The van der Waals surface area contributed by atoms with Crippen LogP contribution in [0.4, 0.5) is 4.79 Å². The van der Waals surface area contributed by atoms with Crippen molar-refractivity contribution in [2.45, 2.75) is 26.4 Å². The van der Waals surface area contributed by atoms with Crippen LogP contribution in [0.15, 0.2) is 48.9 Å². The van der Waals surface area contributed by atoms with Gasteiger partial charge in [0, 0.05) is 35.1 Å². The van der Waals surface area contributed by atoms with Crippen LogP contribution in [0.2, 0.25) is 0 Å². The van der Waals surface area contributed by atoms with Crippen LogP contribution in [0.3, 0.4) is 0 Å². The topological polar surface area (TPSA) is 61.2 Å². The number of ether oxygens (including phenoxy) is 1. The summed E-state index contributed by atoms with van der Waals surface area (Å²) in [5, 5.41) is 0.726. The molecule has 0 spiro atoms. The summed E-state index contributed by atoms with van der Waals surface area (Å²) in [7, 11) is 0. The average Bonchev–Trinajstić information content (AvgIpc) is 2.94. The van der Waals surface area contributed by atoms with E-state index < -0.39 is 11.7 Å². The van der Waals surface area contributed by atoms with Crippen LogP contribution in [0.5, 0.6) is 0 Å². The highest BCUT2D eigenvalue weighted by molar-refractivity contribution is 6.08. The lowest BCUT2D eigenvalue weighted by Gasteiger charge is -2.19. The number of carbonyl (C=O) groups is 2. The predicted molar refractivity (Wildman–Crippen MR) is 92.2 cm³/mol. The normalized spacial score (nSPS) is 11.5. The lowest BCUT2D eigenvalue weighted by atomic mass is 10.0. The van der Waals surface area contributed by atoms with Crippen molar-refractivity contribution in [3.63, 3.8) is 0 Å². The van der Waals surface area contributed by atoms with Gasteiger partial charge in [0.1, 0.15) is 5.60 Å². The molecule has 3 rings (SSSR count). The van der Waals surface area contributed by atoms with E-state index in [1.165, 1.54) is 4.57 Å². The summed E-state index contributed by atoms with van der Waals surface area (Å²) in [5.41, 5.74) is 2.24. The van der Waals surface area contributed by atoms with Gasteiger partial charge in [-0.25, -0.2) is 4.79 Å². The highest BCUT2D eigenvalue weighted by Crippen LogP contribution is 2.33. The van der Waals surface area contributed by atoms with Crippen molar-refractivity contribution in [2.75, 3.05) is 0 Å². The van der Waals surface area contributed by atoms with Crippen molar-refractivity contribution in [2.24, 2.45) is 0 Å². The van der Waals surface area contributed by atoms with E-state index in [1.807, 2.05) is 32.9 Å². The fourth-order valence-electron chi connectivity index (χ4n) is 2.63. The maximum Gasteiger partial charge on any atom is 0.419 e. The first-order valence-electron chi connectivity index (χ1n) is 7.64. The zero-order chi connectivity index (χ0) is 17.3. The van der Waals surface area contributed by atoms with Crippen LogP contribution in [0, 0.1) is 0 Å². The summed E-state index contributed by atoms with van der Waals surface area (Å²) in [6, 6.07) is 8.98. The largest absolute Gasteiger partial charge is 0.443 e. The molecule has 0 N–H and O–H groups in total. The second kappa shape index (κ2) is 5.92. The number of fused-ring (bicyclic) bond motifs is 1. The first-order valence-corrected chi connectivity index (χ1v) is 7.64. The van der Waals surface area contributed by atoms with Crippen molar-refractivity contribution < 1.29 is 14.3 Å². The second-order valence-electron chi connectivity index (χ2n) is 6.49. The number of aromatic nitrogens is 2. The van der Waals surface area contributed by atoms with Crippen LogP contribution in [0.1, 0.15) is 31.1 Å². The molecule has 0 saturated carbocycles. The lowest BCUT2D eigenvalue weighted by molar-refractivity contribution is 0.0544. The fourth-order valence-corrected chi connectivity index (χ4v) is 2.63. The second-order valence-corrected chi connectivity index (χ2v) is 6.49. The Labute approximate surface area is 139 Å². The summed E-state index contributed by atoms with van der Waals surface area (Å²) in [6.45, 7) is 5.45. The van der Waals surface area contributed by atoms with Gasteiger partial charge in [0.05, 0.1) is 5.52 Å². The molecule has 0 aliphatic heterocycles. The molecule has 0 aliphatic rings. The quantitative estimate of drug-likeness (QED) is 0.660. The van der Waals surface area contributed by atoms with Crippen molar-refractivity contribution in [1.29, 1.82) is 0 Å².